The zero-order valence-electron chi connectivity index (χ0n) is 10.9. The van der Waals surface area contributed by atoms with Crippen LogP contribution < -0.4 is 0 Å². The Morgan fingerprint density at radius 2 is 1.80 bits per heavy atom. The minimum Gasteiger partial charge on any atom is -0.507 e. The summed E-state index contributed by atoms with van der Waals surface area (Å²) < 4.78 is 32.3. The molecule has 0 saturated heterocycles. The summed E-state index contributed by atoms with van der Waals surface area (Å²) in [5.74, 6) is -2.88. The lowest BCUT2D eigenvalue weighted by Gasteiger charge is -2.12. The van der Waals surface area contributed by atoms with Crippen LogP contribution in [0.1, 0.15) is 15.9 Å². The molecule has 20 heavy (non-hydrogen) atoms. The number of ether oxygens (including phenoxy) is 1. The Hall–Kier alpha value is -2.43. The van der Waals surface area contributed by atoms with Crippen molar-refractivity contribution >= 4 is 5.97 Å². The number of hydrogen-bond donors (Lipinski definition) is 1. The average Bonchev–Trinajstić information content (AvgIpc) is 2.37. The fourth-order valence-electron chi connectivity index (χ4n) is 2.04. The molecule has 2 rings (SSSR count). The van der Waals surface area contributed by atoms with Crippen molar-refractivity contribution in [1.29, 1.82) is 0 Å². The molecular weight excluding hydrogens is 266 g/mol. The number of halogens is 2. The lowest BCUT2D eigenvalue weighted by atomic mass is 9.95. The van der Waals surface area contributed by atoms with E-state index < -0.39 is 17.6 Å². The van der Waals surface area contributed by atoms with E-state index in [9.17, 15) is 18.7 Å². The molecule has 0 atom stereocenters. The van der Waals surface area contributed by atoms with Crippen LogP contribution in [0.5, 0.6) is 5.75 Å². The minimum atomic E-state index is -0.861. The van der Waals surface area contributed by atoms with Gasteiger partial charge in [0, 0.05) is 5.56 Å². The summed E-state index contributed by atoms with van der Waals surface area (Å²) >= 11 is 0. The number of aryl methyl sites for hydroxylation is 1. The van der Waals surface area contributed by atoms with Gasteiger partial charge in [0.2, 0.25) is 0 Å². The van der Waals surface area contributed by atoms with E-state index in [2.05, 4.69) is 4.74 Å². The van der Waals surface area contributed by atoms with Crippen molar-refractivity contribution < 1.29 is 23.4 Å². The van der Waals surface area contributed by atoms with Gasteiger partial charge in [0.05, 0.1) is 12.7 Å². The molecule has 0 aromatic heterocycles. The first-order chi connectivity index (χ1) is 9.45. The summed E-state index contributed by atoms with van der Waals surface area (Å²) in [4.78, 5) is 11.7. The minimum absolute atomic E-state index is 0.0371. The van der Waals surface area contributed by atoms with E-state index >= 15 is 0 Å². The number of benzene rings is 2. The number of phenols is 1. The number of hydrogen-bond acceptors (Lipinski definition) is 3. The monoisotopic (exact) mass is 278 g/mol. The third-order valence-electron chi connectivity index (χ3n) is 2.88. The standard InChI is InChI=1S/C15H12F2O3/c1-8-6-9(13-10(16)4-3-5-11(13)17)14(12(18)7-8)15(19)20-2/h3-7,18H,1-2H3. The van der Waals surface area contributed by atoms with Gasteiger partial charge >= 0.3 is 5.97 Å². The van der Waals surface area contributed by atoms with Gasteiger partial charge in [-0.15, -0.1) is 0 Å². The van der Waals surface area contributed by atoms with Crippen molar-refractivity contribution in [1.82, 2.24) is 0 Å². The Balaban J connectivity index is 2.83. The van der Waals surface area contributed by atoms with Gasteiger partial charge in [0.25, 0.3) is 0 Å². The van der Waals surface area contributed by atoms with Crippen LogP contribution in [-0.4, -0.2) is 18.2 Å². The number of methoxy groups -OCH3 is 1. The highest BCUT2D eigenvalue weighted by molar-refractivity contribution is 6.00. The second kappa shape index (κ2) is 5.28. The topological polar surface area (TPSA) is 46.5 Å². The van der Waals surface area contributed by atoms with E-state index in [4.69, 9.17) is 0 Å². The molecule has 2 aromatic rings. The first kappa shape index (κ1) is 14.0. The zero-order valence-corrected chi connectivity index (χ0v) is 10.9. The van der Waals surface area contributed by atoms with Crippen molar-refractivity contribution in [2.75, 3.05) is 7.11 Å². The predicted molar refractivity (Wildman–Crippen MR) is 69.5 cm³/mol. The number of aromatic hydroxyl groups is 1. The molecule has 0 unspecified atom stereocenters. The molecule has 5 heteroatoms. The second-order valence-electron chi connectivity index (χ2n) is 4.29. The van der Waals surface area contributed by atoms with Gasteiger partial charge in [-0.05, 0) is 30.7 Å². The maximum Gasteiger partial charge on any atom is 0.342 e. The summed E-state index contributed by atoms with van der Waals surface area (Å²) in [6.45, 7) is 1.64. The molecule has 0 radical (unpaired) electrons. The zero-order chi connectivity index (χ0) is 14.9. The van der Waals surface area contributed by atoms with Crippen LogP contribution in [0.3, 0.4) is 0 Å². The molecule has 3 nitrogen and oxygen atoms in total. The molecule has 0 aliphatic rings. The van der Waals surface area contributed by atoms with Crippen LogP contribution in [0.4, 0.5) is 8.78 Å². The first-order valence-corrected chi connectivity index (χ1v) is 5.82. The van der Waals surface area contributed by atoms with Gasteiger partial charge in [0.15, 0.2) is 0 Å². The quantitative estimate of drug-likeness (QED) is 0.856. The first-order valence-electron chi connectivity index (χ1n) is 5.82. The SMILES string of the molecule is COC(=O)c1c(O)cc(C)cc1-c1c(F)cccc1F. The molecule has 0 bridgehead atoms. The number of carbonyl (C=O) groups is 1. The predicted octanol–water partition coefficient (Wildman–Crippen LogP) is 3.43. The lowest BCUT2D eigenvalue weighted by Crippen LogP contribution is -2.06. The summed E-state index contributed by atoms with van der Waals surface area (Å²) in [7, 11) is 1.13. The van der Waals surface area contributed by atoms with Crippen molar-refractivity contribution in [2.45, 2.75) is 6.92 Å². The second-order valence-corrected chi connectivity index (χ2v) is 4.29. The van der Waals surface area contributed by atoms with Gasteiger partial charge in [-0.3, -0.25) is 0 Å². The van der Waals surface area contributed by atoms with Gasteiger partial charge in [0.1, 0.15) is 22.9 Å². The van der Waals surface area contributed by atoms with Crippen LogP contribution in [-0.2, 0) is 4.74 Å². The van der Waals surface area contributed by atoms with E-state index in [1.54, 1.807) is 6.92 Å². The summed E-state index contributed by atoms with van der Waals surface area (Å²) in [5.41, 5.74) is -0.105. The maximum absolute atomic E-state index is 13.9. The Morgan fingerprint density at radius 3 is 2.35 bits per heavy atom. The highest BCUT2D eigenvalue weighted by atomic mass is 19.1. The molecular formula is C15H12F2O3. The Bertz CT molecular complexity index is 661. The molecule has 0 amide bonds. The summed E-state index contributed by atoms with van der Waals surface area (Å²) in [5, 5.41) is 9.87. The Labute approximate surface area is 114 Å². The number of rotatable bonds is 2. The van der Waals surface area contributed by atoms with Crippen LogP contribution >= 0.6 is 0 Å². The molecule has 0 fully saturated rings. The van der Waals surface area contributed by atoms with Crippen LogP contribution in [0.15, 0.2) is 30.3 Å². The van der Waals surface area contributed by atoms with E-state index in [0.29, 0.717) is 5.56 Å². The van der Waals surface area contributed by atoms with Crippen LogP contribution in [0.25, 0.3) is 11.1 Å². The highest BCUT2D eigenvalue weighted by Crippen LogP contribution is 2.35. The largest absolute Gasteiger partial charge is 0.507 e. The molecule has 0 saturated carbocycles. The number of phenolic OH excluding ortho intramolecular Hbond substituents is 1. The van der Waals surface area contributed by atoms with E-state index in [1.165, 1.54) is 18.2 Å². The third-order valence-corrected chi connectivity index (χ3v) is 2.88. The Kier molecular flexibility index (Phi) is 3.70. The van der Waals surface area contributed by atoms with Gasteiger partial charge in [-0.2, -0.15) is 0 Å². The third kappa shape index (κ3) is 2.34. The van der Waals surface area contributed by atoms with Crippen molar-refractivity contribution in [2.24, 2.45) is 0 Å². The summed E-state index contributed by atoms with van der Waals surface area (Å²) in [6, 6.07) is 6.14. The molecule has 0 aliphatic heterocycles. The number of esters is 1. The fourth-order valence-corrected chi connectivity index (χ4v) is 2.04. The average molecular weight is 278 g/mol. The molecule has 104 valence electrons. The molecule has 0 aliphatic carbocycles. The molecule has 2 aromatic carbocycles. The molecule has 0 spiro atoms. The summed E-state index contributed by atoms with van der Waals surface area (Å²) in [6.07, 6.45) is 0. The van der Waals surface area contributed by atoms with E-state index in [0.717, 1.165) is 19.2 Å². The number of carbonyl (C=O) groups excluding carboxylic acids is 1. The van der Waals surface area contributed by atoms with Crippen molar-refractivity contribution in [3.8, 4) is 16.9 Å². The maximum atomic E-state index is 13.9. The Morgan fingerprint density at radius 1 is 1.20 bits per heavy atom. The normalized spacial score (nSPS) is 10.4. The van der Waals surface area contributed by atoms with Crippen LogP contribution in [0.2, 0.25) is 0 Å². The van der Waals surface area contributed by atoms with E-state index in [-0.39, 0.29) is 22.4 Å². The van der Waals surface area contributed by atoms with Crippen molar-refractivity contribution in [3.05, 3.63) is 53.1 Å². The lowest BCUT2D eigenvalue weighted by molar-refractivity contribution is 0.0598. The van der Waals surface area contributed by atoms with Crippen molar-refractivity contribution in [3.63, 3.8) is 0 Å². The smallest absolute Gasteiger partial charge is 0.342 e. The molecule has 0 heterocycles. The highest BCUT2D eigenvalue weighted by Gasteiger charge is 2.23. The van der Waals surface area contributed by atoms with Crippen LogP contribution in [0, 0.1) is 18.6 Å². The van der Waals surface area contributed by atoms with Gasteiger partial charge in [-0.1, -0.05) is 12.1 Å². The fraction of sp³-hybridized carbons (Fsp3) is 0.133. The van der Waals surface area contributed by atoms with Gasteiger partial charge < -0.3 is 9.84 Å². The van der Waals surface area contributed by atoms with E-state index in [1.807, 2.05) is 0 Å². The van der Waals surface area contributed by atoms with Gasteiger partial charge in [-0.25, -0.2) is 13.6 Å². The molecule has 1 N–H and O–H groups in total.